The van der Waals surface area contributed by atoms with Gasteiger partial charge in [0.25, 0.3) is 5.78 Å². The van der Waals surface area contributed by atoms with Crippen molar-refractivity contribution >= 4 is 44.4 Å². The third kappa shape index (κ3) is 2.10. The molecule has 8 heteroatoms. The van der Waals surface area contributed by atoms with Crippen LogP contribution in [0.2, 0.25) is 0 Å². The monoisotopic (exact) mass is 385 g/mol. The molecule has 5 rings (SSSR count). The van der Waals surface area contributed by atoms with Crippen LogP contribution in [0.3, 0.4) is 0 Å². The number of nitrogens with one attached hydrogen (secondary N) is 2. The molecule has 0 amide bonds. The van der Waals surface area contributed by atoms with Gasteiger partial charge in [-0.1, -0.05) is 12.1 Å². The molecular weight excluding hydrogens is 374 g/mol. The van der Waals surface area contributed by atoms with E-state index in [1.165, 1.54) is 0 Å². The highest BCUT2D eigenvalue weighted by atomic mass is 79.9. The van der Waals surface area contributed by atoms with E-state index < -0.39 is 0 Å². The first-order chi connectivity index (χ1) is 11.8. The Morgan fingerprint density at radius 2 is 1.88 bits per heavy atom. The van der Waals surface area contributed by atoms with Crippen LogP contribution >= 0.6 is 15.9 Å². The van der Waals surface area contributed by atoms with Gasteiger partial charge in [0.15, 0.2) is 11.5 Å². The summed E-state index contributed by atoms with van der Waals surface area (Å²) in [5, 5.41) is 6.46. The maximum atomic E-state index is 5.65. The zero-order valence-electron chi connectivity index (χ0n) is 12.4. The van der Waals surface area contributed by atoms with Crippen LogP contribution < -0.4 is 14.8 Å². The summed E-state index contributed by atoms with van der Waals surface area (Å²) in [7, 11) is 0. The average molecular weight is 386 g/mol. The summed E-state index contributed by atoms with van der Waals surface area (Å²) in [6, 6.07) is 11.7. The van der Waals surface area contributed by atoms with Crippen LogP contribution in [0.15, 0.2) is 40.9 Å². The summed E-state index contributed by atoms with van der Waals surface area (Å²) in [5.41, 5.74) is 2.63. The van der Waals surface area contributed by atoms with E-state index in [9.17, 15) is 0 Å². The lowest BCUT2D eigenvalue weighted by Crippen LogP contribution is -2.15. The van der Waals surface area contributed by atoms with Gasteiger partial charge >= 0.3 is 0 Å². The highest BCUT2D eigenvalue weighted by molar-refractivity contribution is 9.10. The molecule has 120 valence electrons. The van der Waals surface area contributed by atoms with E-state index in [4.69, 9.17) is 9.47 Å². The zero-order valence-corrected chi connectivity index (χ0v) is 14.0. The number of hydrogen-bond donors (Lipinski definition) is 2. The van der Waals surface area contributed by atoms with Crippen LogP contribution in [0.4, 0.5) is 11.6 Å². The molecule has 0 radical (unpaired) electrons. The number of ether oxygens (including phenoxy) is 2. The van der Waals surface area contributed by atoms with Crippen LogP contribution in [0.25, 0.3) is 16.8 Å². The number of fused-ring (bicyclic) bond motifs is 4. The lowest BCUT2D eigenvalue weighted by Gasteiger charge is -2.17. The summed E-state index contributed by atoms with van der Waals surface area (Å²) in [4.78, 5) is 9.04. The fourth-order valence-corrected chi connectivity index (χ4v) is 3.15. The Bertz CT molecular complexity index is 1070. The maximum Gasteiger partial charge on any atom is 0.253 e. The topological polar surface area (TPSA) is 76.5 Å². The molecule has 0 spiro atoms. The first-order valence-electron chi connectivity index (χ1n) is 7.47. The molecule has 7 nitrogen and oxygen atoms in total. The number of rotatable bonds is 2. The van der Waals surface area contributed by atoms with Crippen molar-refractivity contribution in [2.45, 2.75) is 0 Å². The molecular formula is C16H12BrN5O2. The molecule has 0 saturated heterocycles. The minimum Gasteiger partial charge on any atom is -0.486 e. The summed E-state index contributed by atoms with van der Waals surface area (Å²) in [5.74, 6) is 2.65. The smallest absolute Gasteiger partial charge is 0.253 e. The van der Waals surface area contributed by atoms with Gasteiger partial charge in [0, 0.05) is 16.6 Å². The number of hydrogen-bond acceptors (Lipinski definition) is 5. The van der Waals surface area contributed by atoms with Crippen LogP contribution in [0.1, 0.15) is 0 Å². The van der Waals surface area contributed by atoms with Crippen LogP contribution in [0, 0.1) is 0 Å². The number of benzene rings is 2. The molecule has 0 bridgehead atoms. The normalized spacial score (nSPS) is 13.5. The van der Waals surface area contributed by atoms with Crippen molar-refractivity contribution in [3.05, 3.63) is 40.9 Å². The second kappa shape index (κ2) is 5.13. The fraction of sp³-hybridized carbons (Fsp3) is 0.125. The van der Waals surface area contributed by atoms with Gasteiger partial charge in [-0.25, -0.2) is 9.50 Å². The number of nitrogens with zero attached hydrogens (tertiary/aromatic N) is 3. The van der Waals surface area contributed by atoms with E-state index in [0.29, 0.717) is 24.9 Å². The largest absolute Gasteiger partial charge is 0.486 e. The molecule has 2 N–H and O–H groups in total. The van der Waals surface area contributed by atoms with Crippen molar-refractivity contribution in [2.24, 2.45) is 0 Å². The molecule has 4 aromatic rings. The van der Waals surface area contributed by atoms with Gasteiger partial charge < -0.3 is 14.8 Å². The minimum atomic E-state index is 0.554. The number of imidazole rings is 1. The second-order valence-corrected chi connectivity index (χ2v) is 6.26. The van der Waals surface area contributed by atoms with Gasteiger partial charge in [-0.2, -0.15) is 4.98 Å². The highest BCUT2D eigenvalue weighted by Crippen LogP contribution is 2.34. The lowest BCUT2D eigenvalue weighted by atomic mass is 10.2. The molecule has 24 heavy (non-hydrogen) atoms. The lowest BCUT2D eigenvalue weighted by molar-refractivity contribution is 0.172. The molecule has 3 heterocycles. The summed E-state index contributed by atoms with van der Waals surface area (Å²) in [6.45, 7) is 1.11. The number of halogens is 1. The number of aromatic nitrogens is 4. The molecule has 1 aliphatic rings. The summed E-state index contributed by atoms with van der Waals surface area (Å²) >= 11 is 3.51. The number of H-pyrrole nitrogens is 1. The van der Waals surface area contributed by atoms with Crippen molar-refractivity contribution in [3.63, 3.8) is 0 Å². The zero-order chi connectivity index (χ0) is 16.1. The summed E-state index contributed by atoms with van der Waals surface area (Å²) in [6.07, 6.45) is 0. The minimum absolute atomic E-state index is 0.554. The molecule has 0 atom stereocenters. The van der Waals surface area contributed by atoms with Gasteiger partial charge in [-0.15, -0.1) is 0 Å². The van der Waals surface area contributed by atoms with Gasteiger partial charge in [-0.05, 0) is 28.1 Å². The Morgan fingerprint density at radius 3 is 2.71 bits per heavy atom. The molecule has 0 saturated carbocycles. The predicted molar refractivity (Wildman–Crippen MR) is 93.3 cm³/mol. The molecule has 0 unspecified atom stereocenters. The predicted octanol–water partition coefficient (Wildman–Crippen LogP) is 3.49. The third-order valence-electron chi connectivity index (χ3n) is 3.86. The Balaban J connectivity index is 1.60. The van der Waals surface area contributed by atoms with Crippen molar-refractivity contribution in [1.29, 1.82) is 0 Å². The van der Waals surface area contributed by atoms with E-state index in [1.54, 1.807) is 0 Å². The van der Waals surface area contributed by atoms with E-state index in [0.717, 1.165) is 32.7 Å². The number of anilines is 2. The Labute approximate surface area is 144 Å². The molecule has 2 aromatic heterocycles. The number of para-hydroxylation sites is 1. The van der Waals surface area contributed by atoms with Crippen molar-refractivity contribution in [1.82, 2.24) is 19.6 Å². The second-order valence-electron chi connectivity index (χ2n) is 5.41. The molecule has 1 aliphatic heterocycles. The van der Waals surface area contributed by atoms with Gasteiger partial charge in [0.1, 0.15) is 13.2 Å². The van der Waals surface area contributed by atoms with Crippen LogP contribution in [-0.2, 0) is 0 Å². The Morgan fingerprint density at radius 1 is 1.08 bits per heavy atom. The summed E-state index contributed by atoms with van der Waals surface area (Å²) < 4.78 is 14.0. The maximum absolute atomic E-state index is 5.65. The van der Waals surface area contributed by atoms with E-state index in [1.807, 2.05) is 40.9 Å². The molecule has 0 fully saturated rings. The van der Waals surface area contributed by atoms with Crippen molar-refractivity contribution < 1.29 is 9.47 Å². The van der Waals surface area contributed by atoms with E-state index in [2.05, 4.69) is 36.3 Å². The first kappa shape index (κ1) is 13.7. The van der Waals surface area contributed by atoms with Gasteiger partial charge in [-0.3, -0.25) is 5.10 Å². The molecule has 0 aliphatic carbocycles. The van der Waals surface area contributed by atoms with E-state index >= 15 is 0 Å². The Hall–Kier alpha value is -2.74. The van der Waals surface area contributed by atoms with Crippen molar-refractivity contribution in [2.75, 3.05) is 18.5 Å². The first-order valence-corrected chi connectivity index (χ1v) is 8.26. The molecule has 2 aromatic carbocycles. The van der Waals surface area contributed by atoms with Crippen molar-refractivity contribution in [3.8, 4) is 11.5 Å². The SMILES string of the molecule is Brc1ccccc1Nc1nc2nc3cc4c(cc3n2[nH]1)OCCO4. The van der Waals surface area contributed by atoms with Crippen LogP contribution in [0.5, 0.6) is 11.5 Å². The van der Waals surface area contributed by atoms with E-state index in [-0.39, 0.29) is 0 Å². The average Bonchev–Trinajstić information content (AvgIpc) is 3.12. The fourth-order valence-electron chi connectivity index (χ4n) is 2.76. The quantitative estimate of drug-likeness (QED) is 0.552. The van der Waals surface area contributed by atoms with Crippen LogP contribution in [-0.4, -0.2) is 32.8 Å². The highest BCUT2D eigenvalue weighted by Gasteiger charge is 2.17. The third-order valence-corrected chi connectivity index (χ3v) is 4.55. The van der Waals surface area contributed by atoms with Gasteiger partial charge in [0.2, 0.25) is 5.95 Å². The van der Waals surface area contributed by atoms with Gasteiger partial charge in [0.05, 0.1) is 16.7 Å². The number of aromatic amines is 1. The Kier molecular flexibility index (Phi) is 2.93. The standard InChI is InChI=1S/C16H12BrN5O2/c17-9-3-1-2-4-10(9)18-15-20-16-19-11-7-13-14(24-6-5-23-13)8-12(11)22(16)21-15/h1-4,7-8H,5-6H2,(H2,18,19,20,21).